The molecule has 1 aromatic rings. The van der Waals surface area contributed by atoms with Crippen molar-refractivity contribution >= 4 is 6.09 Å². The Morgan fingerprint density at radius 2 is 2.31 bits per heavy atom. The fourth-order valence-electron chi connectivity index (χ4n) is 1.83. The largest absolute Gasteiger partial charge is 0.444 e. The summed E-state index contributed by atoms with van der Waals surface area (Å²) in [6.45, 7) is 8.13. The number of hydrogen-bond donors (Lipinski definition) is 1. The Morgan fingerprint density at radius 3 is 2.88 bits per heavy atom. The van der Waals surface area contributed by atoms with Gasteiger partial charge in [-0.3, -0.25) is 10.00 Å². The number of amides is 1. The van der Waals surface area contributed by atoms with Crippen molar-refractivity contribution in [3.05, 3.63) is 17.5 Å². The lowest BCUT2D eigenvalue weighted by Crippen LogP contribution is -2.35. The fraction of sp³-hybridized carbons (Fsp3) is 0.636. The van der Waals surface area contributed by atoms with Crippen molar-refractivity contribution in [2.45, 2.75) is 45.9 Å². The molecule has 1 aromatic heterocycles. The van der Waals surface area contributed by atoms with Crippen LogP contribution in [-0.4, -0.2) is 26.8 Å². The minimum Gasteiger partial charge on any atom is -0.444 e. The molecule has 2 heterocycles. The zero-order chi connectivity index (χ0) is 11.9. The topological polar surface area (TPSA) is 58.2 Å². The van der Waals surface area contributed by atoms with E-state index < -0.39 is 5.60 Å². The van der Waals surface area contributed by atoms with Gasteiger partial charge in [0, 0.05) is 5.56 Å². The predicted molar refractivity (Wildman–Crippen MR) is 58.8 cm³/mol. The summed E-state index contributed by atoms with van der Waals surface area (Å²) in [5.74, 6) is 0. The normalized spacial score (nSPS) is 19.8. The first kappa shape index (κ1) is 11.0. The minimum absolute atomic E-state index is 0.0311. The average Bonchev–Trinajstić information content (AvgIpc) is 2.66. The number of ether oxygens (including phenoxy) is 1. The Kier molecular flexibility index (Phi) is 2.40. The van der Waals surface area contributed by atoms with E-state index in [0.717, 1.165) is 11.3 Å². The number of H-pyrrole nitrogens is 1. The van der Waals surface area contributed by atoms with Crippen LogP contribution in [-0.2, 0) is 11.3 Å². The van der Waals surface area contributed by atoms with Crippen LogP contribution >= 0.6 is 0 Å². The molecule has 0 saturated carbocycles. The molecule has 1 aliphatic rings. The van der Waals surface area contributed by atoms with E-state index in [1.807, 2.05) is 27.7 Å². The zero-order valence-electron chi connectivity index (χ0n) is 10.1. The summed E-state index contributed by atoms with van der Waals surface area (Å²) in [5, 5.41) is 6.86. The van der Waals surface area contributed by atoms with Gasteiger partial charge in [0.2, 0.25) is 0 Å². The molecule has 1 atom stereocenters. The highest BCUT2D eigenvalue weighted by molar-refractivity contribution is 5.69. The summed E-state index contributed by atoms with van der Waals surface area (Å²) in [5.41, 5.74) is 1.62. The SMILES string of the molecule is CC1c2cn[nH]c2CN1C(=O)OC(C)(C)C. The highest BCUT2D eigenvalue weighted by Crippen LogP contribution is 2.32. The lowest BCUT2D eigenvalue weighted by molar-refractivity contribution is 0.0185. The van der Waals surface area contributed by atoms with Gasteiger partial charge in [-0.2, -0.15) is 5.10 Å². The van der Waals surface area contributed by atoms with Crippen LogP contribution in [0, 0.1) is 0 Å². The molecule has 0 spiro atoms. The van der Waals surface area contributed by atoms with Crippen LogP contribution in [0.1, 0.15) is 45.0 Å². The fourth-order valence-corrected chi connectivity index (χ4v) is 1.83. The third-order valence-electron chi connectivity index (χ3n) is 2.63. The molecule has 0 fully saturated rings. The van der Waals surface area contributed by atoms with Gasteiger partial charge in [0.15, 0.2) is 0 Å². The highest BCUT2D eigenvalue weighted by Gasteiger charge is 2.34. The average molecular weight is 223 g/mol. The molecule has 0 radical (unpaired) electrons. The number of aromatic nitrogens is 2. The lowest BCUT2D eigenvalue weighted by Gasteiger charge is -2.27. The van der Waals surface area contributed by atoms with Gasteiger partial charge in [-0.25, -0.2) is 4.79 Å². The van der Waals surface area contributed by atoms with E-state index >= 15 is 0 Å². The number of rotatable bonds is 0. The van der Waals surface area contributed by atoms with Crippen molar-refractivity contribution in [3.8, 4) is 0 Å². The second kappa shape index (κ2) is 3.50. The molecule has 5 heteroatoms. The van der Waals surface area contributed by atoms with Gasteiger partial charge in [0.25, 0.3) is 0 Å². The molecule has 1 aliphatic heterocycles. The van der Waals surface area contributed by atoms with E-state index in [9.17, 15) is 4.79 Å². The van der Waals surface area contributed by atoms with Gasteiger partial charge in [0.1, 0.15) is 5.60 Å². The predicted octanol–water partition coefficient (Wildman–Crippen LogP) is 2.22. The van der Waals surface area contributed by atoms with Gasteiger partial charge in [0.05, 0.1) is 24.5 Å². The number of hydrogen-bond acceptors (Lipinski definition) is 3. The molecule has 1 amide bonds. The number of nitrogens with zero attached hydrogens (tertiary/aromatic N) is 2. The molecule has 2 rings (SSSR count). The van der Waals surface area contributed by atoms with Crippen LogP contribution in [0.3, 0.4) is 0 Å². The second-order valence-electron chi connectivity index (χ2n) is 5.09. The molecule has 0 saturated heterocycles. The van der Waals surface area contributed by atoms with Crippen LogP contribution in [0.15, 0.2) is 6.20 Å². The Hall–Kier alpha value is -1.52. The molecule has 0 aliphatic carbocycles. The molecule has 0 bridgehead atoms. The molecule has 88 valence electrons. The first-order valence-corrected chi connectivity index (χ1v) is 5.40. The van der Waals surface area contributed by atoms with Gasteiger partial charge in [-0.15, -0.1) is 0 Å². The van der Waals surface area contributed by atoms with Crippen LogP contribution in [0.4, 0.5) is 4.79 Å². The monoisotopic (exact) mass is 223 g/mol. The smallest absolute Gasteiger partial charge is 0.411 e. The minimum atomic E-state index is -0.453. The second-order valence-corrected chi connectivity index (χ2v) is 5.09. The van der Waals surface area contributed by atoms with Gasteiger partial charge in [-0.1, -0.05) is 0 Å². The number of fused-ring (bicyclic) bond motifs is 1. The molecule has 1 unspecified atom stereocenters. The molecule has 0 aromatic carbocycles. The standard InChI is InChI=1S/C11H17N3O2/c1-7-8-5-12-13-9(8)6-14(7)10(15)16-11(2,3)4/h5,7H,6H2,1-4H3,(H,12,13). The summed E-state index contributed by atoms with van der Waals surface area (Å²) >= 11 is 0. The molecule has 16 heavy (non-hydrogen) atoms. The van der Waals surface area contributed by atoms with Gasteiger partial charge >= 0.3 is 6.09 Å². The summed E-state index contributed by atoms with van der Waals surface area (Å²) < 4.78 is 5.35. The zero-order valence-corrected chi connectivity index (χ0v) is 10.1. The first-order valence-electron chi connectivity index (χ1n) is 5.40. The van der Waals surface area contributed by atoms with Crippen molar-refractivity contribution in [3.63, 3.8) is 0 Å². The van der Waals surface area contributed by atoms with Crippen molar-refractivity contribution in [1.82, 2.24) is 15.1 Å². The Morgan fingerprint density at radius 1 is 1.62 bits per heavy atom. The molecular formula is C11H17N3O2. The van der Waals surface area contributed by atoms with E-state index in [-0.39, 0.29) is 12.1 Å². The van der Waals surface area contributed by atoms with E-state index in [2.05, 4.69) is 10.2 Å². The van der Waals surface area contributed by atoms with E-state index in [0.29, 0.717) is 6.54 Å². The maximum Gasteiger partial charge on any atom is 0.411 e. The number of nitrogens with one attached hydrogen (secondary N) is 1. The van der Waals surface area contributed by atoms with Crippen molar-refractivity contribution < 1.29 is 9.53 Å². The van der Waals surface area contributed by atoms with Gasteiger partial charge < -0.3 is 4.74 Å². The summed E-state index contributed by atoms with van der Waals surface area (Å²) in [6, 6.07) is 0.0311. The summed E-state index contributed by atoms with van der Waals surface area (Å²) in [6.07, 6.45) is 1.49. The number of carbonyl (C=O) groups is 1. The third kappa shape index (κ3) is 1.89. The lowest BCUT2D eigenvalue weighted by atomic mass is 10.2. The molecular weight excluding hydrogens is 206 g/mol. The summed E-state index contributed by atoms with van der Waals surface area (Å²) in [4.78, 5) is 13.6. The van der Waals surface area contributed by atoms with Crippen LogP contribution in [0.2, 0.25) is 0 Å². The number of carbonyl (C=O) groups excluding carboxylic acids is 1. The van der Waals surface area contributed by atoms with Gasteiger partial charge in [-0.05, 0) is 27.7 Å². The van der Waals surface area contributed by atoms with Crippen molar-refractivity contribution in [2.75, 3.05) is 0 Å². The maximum atomic E-state index is 11.9. The highest BCUT2D eigenvalue weighted by atomic mass is 16.6. The van der Waals surface area contributed by atoms with Crippen LogP contribution < -0.4 is 0 Å². The Balaban J connectivity index is 2.09. The first-order chi connectivity index (χ1) is 7.38. The Bertz CT molecular complexity index is 406. The third-order valence-corrected chi connectivity index (χ3v) is 2.63. The van der Waals surface area contributed by atoms with Crippen molar-refractivity contribution in [1.29, 1.82) is 0 Å². The Labute approximate surface area is 94.8 Å². The van der Waals surface area contributed by atoms with Crippen LogP contribution in [0.25, 0.3) is 0 Å². The molecule has 5 nitrogen and oxygen atoms in total. The number of aromatic amines is 1. The summed E-state index contributed by atoms with van der Waals surface area (Å²) in [7, 11) is 0. The quantitative estimate of drug-likeness (QED) is 0.733. The van der Waals surface area contributed by atoms with E-state index in [1.54, 1.807) is 11.1 Å². The molecule has 1 N–H and O–H groups in total. The van der Waals surface area contributed by atoms with E-state index in [1.165, 1.54) is 0 Å². The maximum absolute atomic E-state index is 11.9. The van der Waals surface area contributed by atoms with Crippen molar-refractivity contribution in [2.24, 2.45) is 0 Å². The van der Waals surface area contributed by atoms with Crippen LogP contribution in [0.5, 0.6) is 0 Å². The van der Waals surface area contributed by atoms with E-state index in [4.69, 9.17) is 4.74 Å².